The normalized spacial score (nSPS) is 16.2. The summed E-state index contributed by atoms with van der Waals surface area (Å²) in [6.45, 7) is 8.27. The quantitative estimate of drug-likeness (QED) is 0.758. The van der Waals surface area contributed by atoms with Crippen LogP contribution in [-0.4, -0.2) is 49.7 Å². The lowest BCUT2D eigenvalue weighted by molar-refractivity contribution is 0.0727. The van der Waals surface area contributed by atoms with Crippen molar-refractivity contribution in [3.8, 4) is 0 Å². The van der Waals surface area contributed by atoms with Crippen molar-refractivity contribution >= 4 is 15.9 Å². The van der Waals surface area contributed by atoms with Gasteiger partial charge >= 0.3 is 0 Å². The van der Waals surface area contributed by atoms with Crippen LogP contribution >= 0.6 is 0 Å². The highest BCUT2D eigenvalue weighted by Gasteiger charge is 2.33. The van der Waals surface area contributed by atoms with E-state index in [4.69, 9.17) is 0 Å². The number of hydrogen-bond donors (Lipinski definition) is 0. The first-order chi connectivity index (χ1) is 11.2. The average Bonchev–Trinajstić information content (AvgIpc) is 3.38. The Kier molecular flexibility index (Phi) is 5.71. The summed E-state index contributed by atoms with van der Waals surface area (Å²) in [5.41, 5.74) is 1.10. The predicted molar refractivity (Wildman–Crippen MR) is 95.6 cm³/mol. The highest BCUT2D eigenvalue weighted by atomic mass is 32.2. The minimum atomic E-state index is -3.58. The molecule has 1 aromatic carbocycles. The van der Waals surface area contributed by atoms with Crippen LogP contribution in [0.5, 0.6) is 0 Å². The van der Waals surface area contributed by atoms with Crippen molar-refractivity contribution in [2.45, 2.75) is 51.5 Å². The zero-order chi connectivity index (χ0) is 18.1. The van der Waals surface area contributed by atoms with Crippen LogP contribution in [0.2, 0.25) is 0 Å². The van der Waals surface area contributed by atoms with E-state index < -0.39 is 10.0 Å². The van der Waals surface area contributed by atoms with Gasteiger partial charge in [0.05, 0.1) is 4.90 Å². The maximum absolute atomic E-state index is 12.8. The molecular weight excluding hydrogens is 324 g/mol. The van der Waals surface area contributed by atoms with Gasteiger partial charge in [-0.3, -0.25) is 4.79 Å². The van der Waals surface area contributed by atoms with Gasteiger partial charge in [0.25, 0.3) is 5.91 Å². The van der Waals surface area contributed by atoms with Crippen LogP contribution in [0.4, 0.5) is 0 Å². The molecule has 1 amide bonds. The molecule has 1 unspecified atom stereocenters. The van der Waals surface area contributed by atoms with Gasteiger partial charge in [0.15, 0.2) is 0 Å². The fourth-order valence-electron chi connectivity index (χ4n) is 3.00. The van der Waals surface area contributed by atoms with E-state index in [1.54, 1.807) is 31.0 Å². The maximum atomic E-state index is 12.8. The van der Waals surface area contributed by atoms with E-state index in [9.17, 15) is 13.2 Å². The molecule has 1 fully saturated rings. The van der Waals surface area contributed by atoms with E-state index >= 15 is 0 Å². The summed E-state index contributed by atoms with van der Waals surface area (Å²) in [7, 11) is -1.78. The molecule has 0 aromatic heterocycles. The molecule has 0 spiro atoms. The number of carbonyl (C=O) groups is 1. The molecule has 1 aliphatic rings. The molecule has 5 nitrogen and oxygen atoms in total. The van der Waals surface area contributed by atoms with Gasteiger partial charge in [0.2, 0.25) is 10.0 Å². The van der Waals surface area contributed by atoms with Gasteiger partial charge in [-0.2, -0.15) is 4.31 Å². The second kappa shape index (κ2) is 7.23. The Balaban J connectivity index is 2.36. The largest absolute Gasteiger partial charge is 0.339 e. The second-order valence-electron chi connectivity index (χ2n) is 6.56. The van der Waals surface area contributed by atoms with Crippen LogP contribution in [0.1, 0.15) is 49.5 Å². The molecule has 0 radical (unpaired) electrons. The second-order valence-corrected chi connectivity index (χ2v) is 8.47. The first-order valence-electron chi connectivity index (χ1n) is 8.62. The average molecular weight is 353 g/mol. The third kappa shape index (κ3) is 3.64. The fourth-order valence-corrected chi connectivity index (χ4v) is 4.71. The Morgan fingerprint density at radius 3 is 2.33 bits per heavy atom. The molecule has 1 aromatic rings. The number of rotatable bonds is 7. The summed E-state index contributed by atoms with van der Waals surface area (Å²) in [6.07, 6.45) is 2.32. The summed E-state index contributed by atoms with van der Waals surface area (Å²) >= 11 is 0. The predicted octanol–water partition coefficient (Wildman–Crippen LogP) is 2.90. The number of aryl methyl sites for hydroxylation is 1. The molecular formula is C18H28N2O3S. The Morgan fingerprint density at radius 1 is 1.25 bits per heavy atom. The van der Waals surface area contributed by atoms with Crippen molar-refractivity contribution in [3.05, 3.63) is 29.3 Å². The fraction of sp³-hybridized carbons (Fsp3) is 0.611. The first-order valence-corrected chi connectivity index (χ1v) is 10.1. The molecule has 6 heteroatoms. The molecule has 0 aliphatic heterocycles. The topological polar surface area (TPSA) is 57.7 Å². The zero-order valence-electron chi connectivity index (χ0n) is 15.2. The van der Waals surface area contributed by atoms with E-state index in [1.807, 2.05) is 13.8 Å². The van der Waals surface area contributed by atoms with Crippen LogP contribution in [-0.2, 0) is 10.0 Å². The Labute approximate surface area is 145 Å². The molecule has 24 heavy (non-hydrogen) atoms. The van der Waals surface area contributed by atoms with Crippen LogP contribution in [0.25, 0.3) is 0 Å². The van der Waals surface area contributed by atoms with E-state index in [2.05, 4.69) is 6.92 Å². The number of amides is 1. The van der Waals surface area contributed by atoms with Gasteiger partial charge in [0.1, 0.15) is 0 Å². The van der Waals surface area contributed by atoms with Crippen molar-refractivity contribution in [1.29, 1.82) is 0 Å². The molecule has 0 saturated heterocycles. The molecule has 1 saturated carbocycles. The van der Waals surface area contributed by atoms with Crippen molar-refractivity contribution in [3.63, 3.8) is 0 Å². The lowest BCUT2D eigenvalue weighted by Crippen LogP contribution is -2.36. The summed E-state index contributed by atoms with van der Waals surface area (Å²) < 4.78 is 27.0. The van der Waals surface area contributed by atoms with E-state index in [0.29, 0.717) is 30.1 Å². The number of hydrogen-bond acceptors (Lipinski definition) is 3. The molecule has 134 valence electrons. The summed E-state index contributed by atoms with van der Waals surface area (Å²) in [5, 5.41) is 0. The smallest absolute Gasteiger partial charge is 0.253 e. The zero-order valence-corrected chi connectivity index (χ0v) is 16.1. The molecule has 2 rings (SSSR count). The van der Waals surface area contributed by atoms with Gasteiger partial charge in [-0.1, -0.05) is 19.9 Å². The maximum Gasteiger partial charge on any atom is 0.253 e. The van der Waals surface area contributed by atoms with Crippen LogP contribution in [0.15, 0.2) is 23.1 Å². The van der Waals surface area contributed by atoms with Crippen LogP contribution in [0, 0.1) is 12.8 Å². The number of carbonyl (C=O) groups excluding carboxylic acids is 1. The van der Waals surface area contributed by atoms with Crippen molar-refractivity contribution in [1.82, 2.24) is 9.21 Å². The van der Waals surface area contributed by atoms with E-state index in [1.165, 1.54) is 10.4 Å². The van der Waals surface area contributed by atoms with Crippen molar-refractivity contribution in [2.75, 3.05) is 20.1 Å². The Morgan fingerprint density at radius 2 is 1.83 bits per heavy atom. The van der Waals surface area contributed by atoms with E-state index in [0.717, 1.165) is 12.8 Å². The minimum Gasteiger partial charge on any atom is -0.339 e. The van der Waals surface area contributed by atoms with Crippen molar-refractivity contribution in [2.24, 2.45) is 5.92 Å². The molecule has 0 N–H and O–H groups in total. The summed E-state index contributed by atoms with van der Waals surface area (Å²) in [5.74, 6) is 0.452. The number of benzene rings is 1. The van der Waals surface area contributed by atoms with Gasteiger partial charge in [0, 0.05) is 31.7 Å². The molecule has 1 atom stereocenters. The van der Waals surface area contributed by atoms with Gasteiger partial charge < -0.3 is 4.90 Å². The van der Waals surface area contributed by atoms with Crippen LogP contribution in [0.3, 0.4) is 0 Å². The Hall–Kier alpha value is -1.40. The van der Waals surface area contributed by atoms with Gasteiger partial charge in [-0.05, 0) is 50.3 Å². The van der Waals surface area contributed by atoms with Crippen molar-refractivity contribution < 1.29 is 13.2 Å². The van der Waals surface area contributed by atoms with E-state index in [-0.39, 0.29) is 16.8 Å². The number of nitrogens with zero attached hydrogens (tertiary/aromatic N) is 2. The SMILES string of the molecule is CCN(CC)S(=O)(=O)c1cc(C(=O)N(C)C(C)C2CC2)ccc1C. The minimum absolute atomic E-state index is 0.120. The molecule has 1 aliphatic carbocycles. The van der Waals surface area contributed by atoms with Gasteiger partial charge in [-0.25, -0.2) is 8.42 Å². The highest BCUT2D eigenvalue weighted by molar-refractivity contribution is 7.89. The standard InChI is InChI=1S/C18H28N2O3S/c1-6-20(7-2)24(22,23)17-12-16(9-8-13(17)3)18(21)19(5)14(4)15-10-11-15/h8-9,12,14-15H,6-7,10-11H2,1-5H3. The van der Waals surface area contributed by atoms with Crippen LogP contribution < -0.4 is 0 Å². The summed E-state index contributed by atoms with van der Waals surface area (Å²) in [6, 6.07) is 5.15. The molecule has 0 heterocycles. The van der Waals surface area contributed by atoms with Gasteiger partial charge in [-0.15, -0.1) is 0 Å². The first kappa shape index (κ1) is 18.9. The third-order valence-corrected chi connectivity index (χ3v) is 7.19. The Bertz CT molecular complexity index is 707. The number of sulfonamides is 1. The monoisotopic (exact) mass is 352 g/mol. The lowest BCUT2D eigenvalue weighted by atomic mass is 10.1. The third-order valence-electron chi connectivity index (χ3n) is 4.99. The lowest BCUT2D eigenvalue weighted by Gasteiger charge is -2.25. The summed E-state index contributed by atoms with van der Waals surface area (Å²) in [4.78, 5) is 14.7. The highest BCUT2D eigenvalue weighted by Crippen LogP contribution is 2.35. The molecule has 0 bridgehead atoms.